The SMILES string of the molecule is CCOc1nc2c(c(-c3ccc(Br)cc3)c1C#N)CCc1c-2[nH]c2cc(C)ccc12. The van der Waals surface area contributed by atoms with Gasteiger partial charge in [-0.1, -0.05) is 40.2 Å². The number of halogens is 1. The van der Waals surface area contributed by atoms with E-state index in [0.29, 0.717) is 18.1 Å². The van der Waals surface area contributed by atoms with Crippen LogP contribution in [0.2, 0.25) is 0 Å². The van der Waals surface area contributed by atoms with Crippen molar-refractivity contribution in [2.75, 3.05) is 6.61 Å². The predicted octanol–water partition coefficient (Wildman–Crippen LogP) is 6.34. The molecule has 2 aromatic heterocycles. The van der Waals surface area contributed by atoms with Crippen molar-refractivity contribution in [2.45, 2.75) is 26.7 Å². The zero-order chi connectivity index (χ0) is 20.8. The van der Waals surface area contributed by atoms with Gasteiger partial charge in [0, 0.05) is 20.9 Å². The Labute approximate surface area is 183 Å². The minimum absolute atomic E-state index is 0.402. The molecule has 0 amide bonds. The van der Waals surface area contributed by atoms with Crippen LogP contribution in [0.5, 0.6) is 5.88 Å². The van der Waals surface area contributed by atoms with Crippen LogP contribution >= 0.6 is 15.9 Å². The van der Waals surface area contributed by atoms with E-state index in [0.717, 1.165) is 50.9 Å². The lowest BCUT2D eigenvalue weighted by molar-refractivity contribution is 0.326. The van der Waals surface area contributed by atoms with Gasteiger partial charge in [-0.2, -0.15) is 5.26 Å². The number of aromatic amines is 1. The number of H-pyrrole nitrogens is 1. The first-order chi connectivity index (χ1) is 14.6. The van der Waals surface area contributed by atoms with Crippen LogP contribution in [-0.2, 0) is 12.8 Å². The summed E-state index contributed by atoms with van der Waals surface area (Å²) in [7, 11) is 0. The number of nitrogens with zero attached hydrogens (tertiary/aromatic N) is 2. The van der Waals surface area contributed by atoms with Gasteiger partial charge in [0.2, 0.25) is 5.88 Å². The van der Waals surface area contributed by atoms with Crippen molar-refractivity contribution in [1.82, 2.24) is 9.97 Å². The fraction of sp³-hybridized carbons (Fsp3) is 0.200. The number of aryl methyl sites for hydroxylation is 2. The molecule has 2 aromatic carbocycles. The van der Waals surface area contributed by atoms with E-state index in [1.54, 1.807) is 0 Å². The highest BCUT2D eigenvalue weighted by Gasteiger charge is 2.29. The number of nitriles is 1. The van der Waals surface area contributed by atoms with E-state index < -0.39 is 0 Å². The smallest absolute Gasteiger partial charge is 0.232 e. The van der Waals surface area contributed by atoms with Gasteiger partial charge in [0.1, 0.15) is 11.6 Å². The quantitative estimate of drug-likeness (QED) is 0.390. The maximum Gasteiger partial charge on any atom is 0.232 e. The number of aromatic nitrogens is 2. The number of pyridine rings is 1. The van der Waals surface area contributed by atoms with Gasteiger partial charge in [-0.25, -0.2) is 4.98 Å². The first-order valence-electron chi connectivity index (χ1n) is 10.1. The number of fused-ring (bicyclic) bond motifs is 5. The molecule has 0 radical (unpaired) electrons. The van der Waals surface area contributed by atoms with Crippen LogP contribution in [0.25, 0.3) is 33.4 Å². The third-order valence-electron chi connectivity index (χ3n) is 5.71. The van der Waals surface area contributed by atoms with Crippen molar-refractivity contribution in [2.24, 2.45) is 0 Å². The highest BCUT2D eigenvalue weighted by molar-refractivity contribution is 9.10. The molecule has 1 aliphatic rings. The van der Waals surface area contributed by atoms with E-state index in [-0.39, 0.29) is 0 Å². The van der Waals surface area contributed by atoms with Gasteiger partial charge in [-0.3, -0.25) is 0 Å². The molecule has 0 atom stereocenters. The summed E-state index contributed by atoms with van der Waals surface area (Å²) in [5, 5.41) is 11.2. The minimum Gasteiger partial charge on any atom is -0.477 e. The molecular weight excluding hydrogens is 438 g/mol. The van der Waals surface area contributed by atoms with Crippen molar-refractivity contribution in [3.8, 4) is 34.5 Å². The molecule has 0 saturated carbocycles. The lowest BCUT2D eigenvalue weighted by Crippen LogP contribution is -2.11. The van der Waals surface area contributed by atoms with Gasteiger partial charge >= 0.3 is 0 Å². The molecule has 5 heteroatoms. The Morgan fingerprint density at radius 2 is 1.90 bits per heavy atom. The van der Waals surface area contributed by atoms with E-state index >= 15 is 0 Å². The van der Waals surface area contributed by atoms with E-state index in [9.17, 15) is 5.26 Å². The Kier molecular flexibility index (Phi) is 4.60. The Morgan fingerprint density at radius 1 is 1.13 bits per heavy atom. The molecule has 30 heavy (non-hydrogen) atoms. The summed E-state index contributed by atoms with van der Waals surface area (Å²) in [4.78, 5) is 8.45. The summed E-state index contributed by atoms with van der Waals surface area (Å²) in [5.74, 6) is 0.402. The summed E-state index contributed by atoms with van der Waals surface area (Å²) < 4.78 is 6.84. The molecule has 148 valence electrons. The average Bonchev–Trinajstić information content (AvgIpc) is 3.11. The van der Waals surface area contributed by atoms with Crippen LogP contribution in [0.15, 0.2) is 46.9 Å². The Balaban J connectivity index is 1.84. The average molecular weight is 458 g/mol. The molecule has 1 aliphatic carbocycles. The summed E-state index contributed by atoms with van der Waals surface area (Å²) in [6, 6.07) is 17.0. The number of nitrogens with one attached hydrogen (secondary N) is 1. The lowest BCUT2D eigenvalue weighted by atomic mass is 9.85. The summed E-state index contributed by atoms with van der Waals surface area (Å²) in [6.07, 6.45) is 1.75. The molecule has 0 unspecified atom stereocenters. The molecule has 5 rings (SSSR count). The summed E-state index contributed by atoms with van der Waals surface area (Å²) in [5.41, 5.74) is 9.12. The molecule has 4 nitrogen and oxygen atoms in total. The molecule has 0 saturated heterocycles. The second-order valence-electron chi connectivity index (χ2n) is 7.57. The van der Waals surface area contributed by atoms with Crippen LogP contribution in [0.4, 0.5) is 0 Å². The number of hydrogen-bond donors (Lipinski definition) is 1. The Hall–Kier alpha value is -3.10. The van der Waals surface area contributed by atoms with Gasteiger partial charge in [0.25, 0.3) is 0 Å². The maximum atomic E-state index is 10.00. The van der Waals surface area contributed by atoms with Crippen LogP contribution in [-0.4, -0.2) is 16.6 Å². The molecular formula is C25H20BrN3O. The van der Waals surface area contributed by atoms with Crippen molar-refractivity contribution in [3.63, 3.8) is 0 Å². The molecule has 1 N–H and O–H groups in total. The van der Waals surface area contributed by atoms with E-state index in [4.69, 9.17) is 9.72 Å². The first-order valence-corrected chi connectivity index (χ1v) is 10.9. The maximum absolute atomic E-state index is 10.00. The monoisotopic (exact) mass is 457 g/mol. The van der Waals surface area contributed by atoms with Crippen molar-refractivity contribution in [1.29, 1.82) is 5.26 Å². The van der Waals surface area contributed by atoms with Gasteiger partial charge in [0.05, 0.1) is 18.0 Å². The molecule has 2 heterocycles. The summed E-state index contributed by atoms with van der Waals surface area (Å²) in [6.45, 7) is 4.47. The third-order valence-corrected chi connectivity index (χ3v) is 6.24. The van der Waals surface area contributed by atoms with E-state index in [2.05, 4.69) is 52.1 Å². The highest BCUT2D eigenvalue weighted by atomic mass is 79.9. The molecule has 0 bridgehead atoms. The highest BCUT2D eigenvalue weighted by Crippen LogP contribution is 2.44. The number of ether oxygens (including phenoxy) is 1. The predicted molar refractivity (Wildman–Crippen MR) is 123 cm³/mol. The van der Waals surface area contributed by atoms with Crippen molar-refractivity contribution >= 4 is 26.8 Å². The van der Waals surface area contributed by atoms with Gasteiger partial charge in [-0.05, 0) is 67.1 Å². The molecule has 0 spiro atoms. The minimum atomic E-state index is 0.402. The number of rotatable bonds is 3. The van der Waals surface area contributed by atoms with E-state index in [1.807, 2.05) is 31.2 Å². The second-order valence-corrected chi connectivity index (χ2v) is 8.49. The molecule has 0 fully saturated rings. The van der Waals surface area contributed by atoms with Crippen LogP contribution < -0.4 is 4.74 Å². The standard InChI is InChI=1S/C25H20BrN3O/c1-3-30-25-20(13-27)22(15-5-7-16(26)8-6-15)19-11-10-18-17-9-4-14(2)12-21(17)28-23(18)24(19)29-25/h4-9,12,28H,3,10-11H2,1-2H3. The first kappa shape index (κ1) is 18.9. The largest absolute Gasteiger partial charge is 0.477 e. The fourth-order valence-electron chi connectivity index (χ4n) is 4.41. The van der Waals surface area contributed by atoms with Gasteiger partial charge in [-0.15, -0.1) is 0 Å². The summed E-state index contributed by atoms with van der Waals surface area (Å²) >= 11 is 3.51. The van der Waals surface area contributed by atoms with Gasteiger partial charge in [0.15, 0.2) is 0 Å². The Morgan fingerprint density at radius 3 is 2.63 bits per heavy atom. The lowest BCUT2D eigenvalue weighted by Gasteiger charge is -2.22. The molecule has 0 aliphatic heterocycles. The third kappa shape index (κ3) is 2.91. The Bertz CT molecular complexity index is 1330. The fourth-order valence-corrected chi connectivity index (χ4v) is 4.68. The normalized spacial score (nSPS) is 12.3. The second kappa shape index (κ2) is 7.30. The topological polar surface area (TPSA) is 61.7 Å². The number of benzene rings is 2. The molecule has 4 aromatic rings. The van der Waals surface area contributed by atoms with E-state index in [1.165, 1.54) is 16.5 Å². The van der Waals surface area contributed by atoms with Crippen LogP contribution in [0.1, 0.15) is 29.2 Å². The number of hydrogen-bond acceptors (Lipinski definition) is 3. The van der Waals surface area contributed by atoms with Gasteiger partial charge < -0.3 is 9.72 Å². The van der Waals surface area contributed by atoms with Crippen LogP contribution in [0.3, 0.4) is 0 Å². The van der Waals surface area contributed by atoms with Crippen molar-refractivity contribution < 1.29 is 4.74 Å². The van der Waals surface area contributed by atoms with Crippen molar-refractivity contribution in [3.05, 3.63) is 69.2 Å². The van der Waals surface area contributed by atoms with Crippen LogP contribution in [0, 0.1) is 18.3 Å². The zero-order valence-electron chi connectivity index (χ0n) is 16.8. The zero-order valence-corrected chi connectivity index (χ0v) is 18.4.